The maximum Gasteiger partial charge on any atom is 0.326 e. The van der Waals surface area contributed by atoms with Gasteiger partial charge in [-0.3, -0.25) is 28.8 Å². The Labute approximate surface area is 254 Å². The molecule has 2 heterocycles. The van der Waals surface area contributed by atoms with Crippen molar-refractivity contribution in [1.82, 2.24) is 26.2 Å². The molecule has 44 heavy (non-hydrogen) atoms. The second-order valence-electron chi connectivity index (χ2n) is 11.1. The van der Waals surface area contributed by atoms with Crippen LogP contribution in [0, 0.1) is 0 Å². The Balaban J connectivity index is 1.74. The molecule has 15 heteroatoms. The largest absolute Gasteiger partial charge is 0.480 e. The molecular weight excluding hydrogens is 574 g/mol. The number of carbonyl (C=O) groups excluding carboxylic acids is 6. The van der Waals surface area contributed by atoms with Crippen LogP contribution in [0.2, 0.25) is 0 Å². The Kier molecular flexibility index (Phi) is 12.6. The maximum atomic E-state index is 13.7. The van der Waals surface area contributed by atoms with E-state index in [9.17, 15) is 38.7 Å². The van der Waals surface area contributed by atoms with E-state index in [0.717, 1.165) is 6.42 Å². The van der Waals surface area contributed by atoms with Gasteiger partial charge in [-0.25, -0.2) is 4.79 Å². The zero-order chi connectivity index (χ0) is 32.2. The van der Waals surface area contributed by atoms with E-state index in [-0.39, 0.29) is 45.1 Å². The third-order valence-electron chi connectivity index (χ3n) is 7.72. The molecule has 0 bridgehead atoms. The van der Waals surface area contributed by atoms with Crippen LogP contribution < -0.4 is 32.7 Å². The van der Waals surface area contributed by atoms with Gasteiger partial charge in [0.1, 0.15) is 24.2 Å². The predicted octanol–water partition coefficient (Wildman–Crippen LogP) is -1.96. The van der Waals surface area contributed by atoms with E-state index >= 15 is 0 Å². The Morgan fingerprint density at radius 1 is 0.841 bits per heavy atom. The summed E-state index contributed by atoms with van der Waals surface area (Å²) in [6, 6.07) is 3.52. The molecule has 240 valence electrons. The second-order valence-corrected chi connectivity index (χ2v) is 11.1. The Hall–Kier alpha value is -4.53. The number of likely N-dealkylation sites (tertiary alicyclic amines) is 1. The number of nitrogens with two attached hydrogens (primary N) is 2. The highest BCUT2D eigenvalue weighted by molar-refractivity contribution is 5.96. The molecular formula is C29H41N7O8. The number of primary amides is 2. The van der Waals surface area contributed by atoms with Crippen molar-refractivity contribution in [1.29, 1.82) is 0 Å². The van der Waals surface area contributed by atoms with Crippen molar-refractivity contribution >= 4 is 41.4 Å². The van der Waals surface area contributed by atoms with Gasteiger partial charge in [-0.2, -0.15) is 0 Å². The van der Waals surface area contributed by atoms with Crippen LogP contribution in [0.5, 0.6) is 0 Å². The molecule has 0 saturated carbocycles. The number of amides is 6. The number of nitrogens with one attached hydrogen (secondary N) is 4. The van der Waals surface area contributed by atoms with Crippen molar-refractivity contribution < 1.29 is 38.7 Å². The minimum Gasteiger partial charge on any atom is -0.480 e. The van der Waals surface area contributed by atoms with Crippen molar-refractivity contribution in [3.8, 4) is 0 Å². The first-order chi connectivity index (χ1) is 21.0. The summed E-state index contributed by atoms with van der Waals surface area (Å²) >= 11 is 0. The minimum absolute atomic E-state index is 0.0364. The van der Waals surface area contributed by atoms with Crippen LogP contribution in [0.3, 0.4) is 0 Å². The monoisotopic (exact) mass is 615 g/mol. The Morgan fingerprint density at radius 2 is 1.48 bits per heavy atom. The normalized spacial score (nSPS) is 19.8. The first-order valence-corrected chi connectivity index (χ1v) is 14.7. The smallest absolute Gasteiger partial charge is 0.326 e. The van der Waals surface area contributed by atoms with Crippen molar-refractivity contribution in [3.05, 3.63) is 35.9 Å². The summed E-state index contributed by atoms with van der Waals surface area (Å²) in [7, 11) is 0. The summed E-state index contributed by atoms with van der Waals surface area (Å²) in [4.78, 5) is 89.3. The fraction of sp³-hybridized carbons (Fsp3) is 0.552. The van der Waals surface area contributed by atoms with Crippen LogP contribution in [0.15, 0.2) is 30.3 Å². The summed E-state index contributed by atoms with van der Waals surface area (Å²) in [6.45, 7) is 0.801. The van der Waals surface area contributed by atoms with Gasteiger partial charge in [-0.15, -0.1) is 0 Å². The van der Waals surface area contributed by atoms with E-state index in [2.05, 4.69) is 21.3 Å². The first kappa shape index (κ1) is 34.0. The quantitative estimate of drug-likeness (QED) is 0.109. The molecule has 5 atom stereocenters. The predicted molar refractivity (Wildman–Crippen MR) is 156 cm³/mol. The van der Waals surface area contributed by atoms with Crippen LogP contribution in [0.4, 0.5) is 0 Å². The van der Waals surface area contributed by atoms with Crippen LogP contribution in [-0.2, 0) is 40.0 Å². The molecule has 0 unspecified atom stereocenters. The standard InChI is InChI=1S/C29H41N7O8/c30-23(37)12-10-19(33-25(39)18-8-4-14-32-18)26(40)34-20(11-13-24(31)38)28(42)36-15-5-9-22(36)27(41)35-21(29(43)44)16-17-6-2-1-3-7-17/h1-3,6-7,18-22,32H,4-5,8-16H2,(H2,30,37)(H2,31,38)(H,33,39)(H,34,40)(H,35,41)(H,43,44)/t18-,19-,20-,21-,22-/m0/s1. The Morgan fingerprint density at radius 3 is 2.07 bits per heavy atom. The average Bonchev–Trinajstić information content (AvgIpc) is 3.70. The van der Waals surface area contributed by atoms with Gasteiger partial charge in [0.25, 0.3) is 0 Å². The van der Waals surface area contributed by atoms with E-state index in [0.29, 0.717) is 24.9 Å². The van der Waals surface area contributed by atoms with Gasteiger partial charge in [-0.05, 0) is 50.6 Å². The van der Waals surface area contributed by atoms with E-state index in [4.69, 9.17) is 11.5 Å². The molecule has 2 fully saturated rings. The van der Waals surface area contributed by atoms with Gasteiger partial charge < -0.3 is 42.7 Å². The summed E-state index contributed by atoms with van der Waals surface area (Å²) < 4.78 is 0. The van der Waals surface area contributed by atoms with Crippen LogP contribution in [0.25, 0.3) is 0 Å². The fourth-order valence-electron chi connectivity index (χ4n) is 5.37. The van der Waals surface area contributed by atoms with Crippen molar-refractivity contribution in [2.24, 2.45) is 11.5 Å². The number of carboxylic acid groups (broad SMARTS) is 1. The molecule has 15 nitrogen and oxygen atoms in total. The highest BCUT2D eigenvalue weighted by atomic mass is 16.4. The molecule has 1 aromatic carbocycles. The van der Waals surface area contributed by atoms with Crippen LogP contribution in [0.1, 0.15) is 56.9 Å². The molecule has 6 amide bonds. The molecule has 9 N–H and O–H groups in total. The second kappa shape index (κ2) is 16.4. The molecule has 1 aromatic rings. The molecule has 0 aromatic heterocycles. The summed E-state index contributed by atoms with van der Waals surface area (Å²) in [6.07, 6.45) is 1.32. The van der Waals surface area contributed by atoms with E-state index in [1.165, 1.54) is 4.90 Å². The lowest BCUT2D eigenvalue weighted by atomic mass is 10.0. The number of nitrogens with zero attached hydrogens (tertiary/aromatic N) is 1. The van der Waals surface area contributed by atoms with Gasteiger partial charge in [0.15, 0.2) is 0 Å². The topological polar surface area (TPSA) is 243 Å². The maximum absolute atomic E-state index is 13.7. The molecule has 2 aliphatic heterocycles. The third-order valence-corrected chi connectivity index (χ3v) is 7.72. The number of carbonyl (C=O) groups is 7. The van der Waals surface area contributed by atoms with Crippen molar-refractivity contribution in [2.45, 2.75) is 88.0 Å². The van der Waals surface area contributed by atoms with E-state index < -0.39 is 71.6 Å². The lowest BCUT2D eigenvalue weighted by Crippen LogP contribution is -2.58. The van der Waals surface area contributed by atoms with E-state index in [1.807, 2.05) is 0 Å². The number of hydrogen-bond acceptors (Lipinski definition) is 8. The highest BCUT2D eigenvalue weighted by Crippen LogP contribution is 2.20. The number of hydrogen-bond donors (Lipinski definition) is 7. The molecule has 0 spiro atoms. The number of benzene rings is 1. The van der Waals surface area contributed by atoms with Crippen LogP contribution >= 0.6 is 0 Å². The SMILES string of the molecule is NC(=O)CC[C@H](NC(=O)[C@@H]1CCCN1)C(=O)N[C@@H](CCC(N)=O)C(=O)N1CCC[C@H]1C(=O)N[C@@H](Cc1ccccc1)C(=O)O. The van der Waals surface area contributed by atoms with E-state index in [1.54, 1.807) is 30.3 Å². The number of carboxylic acids is 1. The zero-order valence-corrected chi connectivity index (χ0v) is 24.5. The number of aliphatic carboxylic acids is 1. The summed E-state index contributed by atoms with van der Waals surface area (Å²) in [5.74, 6) is -5.17. The third kappa shape index (κ3) is 10.0. The summed E-state index contributed by atoms with van der Waals surface area (Å²) in [5.41, 5.74) is 11.3. The molecule has 2 aliphatic rings. The summed E-state index contributed by atoms with van der Waals surface area (Å²) in [5, 5.41) is 20.5. The molecule has 3 rings (SSSR count). The molecule has 0 radical (unpaired) electrons. The highest BCUT2D eigenvalue weighted by Gasteiger charge is 2.39. The van der Waals surface area contributed by atoms with Crippen molar-refractivity contribution in [2.75, 3.05) is 13.1 Å². The lowest BCUT2D eigenvalue weighted by Gasteiger charge is -2.30. The minimum atomic E-state index is -1.29. The average molecular weight is 616 g/mol. The first-order valence-electron chi connectivity index (χ1n) is 14.7. The Bertz CT molecular complexity index is 1220. The van der Waals surface area contributed by atoms with Gasteiger partial charge in [0, 0.05) is 25.8 Å². The van der Waals surface area contributed by atoms with Gasteiger partial charge >= 0.3 is 5.97 Å². The van der Waals surface area contributed by atoms with Crippen molar-refractivity contribution in [3.63, 3.8) is 0 Å². The fourth-order valence-corrected chi connectivity index (χ4v) is 5.37. The van der Waals surface area contributed by atoms with Crippen LogP contribution in [-0.4, -0.2) is 94.7 Å². The molecule has 0 aliphatic carbocycles. The van der Waals surface area contributed by atoms with Gasteiger partial charge in [-0.1, -0.05) is 30.3 Å². The molecule has 2 saturated heterocycles. The zero-order valence-electron chi connectivity index (χ0n) is 24.5. The lowest BCUT2D eigenvalue weighted by molar-refractivity contribution is -0.145. The number of rotatable bonds is 16. The van der Waals surface area contributed by atoms with Gasteiger partial charge in [0.2, 0.25) is 35.4 Å². The van der Waals surface area contributed by atoms with Gasteiger partial charge in [0.05, 0.1) is 6.04 Å².